The number of aromatic nitrogens is 2. The van der Waals surface area contributed by atoms with Crippen molar-refractivity contribution in [3.63, 3.8) is 0 Å². The summed E-state index contributed by atoms with van der Waals surface area (Å²) in [6, 6.07) is 0. The van der Waals surface area contributed by atoms with Gasteiger partial charge in [0, 0.05) is 12.3 Å². The Hall–Kier alpha value is -0.200. The maximum Gasteiger partial charge on any atom is 0.228 e. The third-order valence-corrected chi connectivity index (χ3v) is 4.85. The van der Waals surface area contributed by atoms with Gasteiger partial charge in [-0.3, -0.25) is 0 Å². The van der Waals surface area contributed by atoms with E-state index in [2.05, 4.69) is 9.36 Å². The highest BCUT2D eigenvalue weighted by Gasteiger charge is 2.18. The third kappa shape index (κ3) is 2.90. The van der Waals surface area contributed by atoms with E-state index in [4.69, 9.17) is 11.6 Å². The summed E-state index contributed by atoms with van der Waals surface area (Å²) < 4.78 is 27.0. The zero-order chi connectivity index (χ0) is 10.6. The molecule has 0 spiro atoms. The zero-order valence-corrected chi connectivity index (χ0v) is 10.1. The summed E-state index contributed by atoms with van der Waals surface area (Å²) in [6.45, 7) is 1.99. The molecule has 0 saturated heterocycles. The van der Waals surface area contributed by atoms with Crippen LogP contribution in [0.5, 0.6) is 0 Å². The van der Waals surface area contributed by atoms with Crippen molar-refractivity contribution >= 4 is 33.0 Å². The fourth-order valence-electron chi connectivity index (χ4n) is 0.878. The van der Waals surface area contributed by atoms with Crippen LogP contribution in [0.15, 0.2) is 4.34 Å². The maximum atomic E-state index is 11.5. The first-order chi connectivity index (χ1) is 6.60. The van der Waals surface area contributed by atoms with Crippen molar-refractivity contribution in [3.8, 4) is 0 Å². The minimum atomic E-state index is -3.29. The number of nitrogens with zero attached hydrogens (tertiary/aromatic N) is 2. The molecule has 0 atom stereocenters. The predicted molar refractivity (Wildman–Crippen MR) is 56.7 cm³/mol. The Balaban J connectivity index is 2.86. The Bertz CT molecular complexity index is 388. The van der Waals surface area contributed by atoms with Crippen LogP contribution in [0.1, 0.15) is 19.2 Å². The van der Waals surface area contributed by atoms with Crippen molar-refractivity contribution in [2.75, 3.05) is 11.6 Å². The molecule has 0 saturated carbocycles. The van der Waals surface area contributed by atoms with Crippen LogP contribution in [-0.4, -0.2) is 29.4 Å². The lowest BCUT2D eigenvalue weighted by atomic mass is 10.3. The lowest BCUT2D eigenvalue weighted by Gasteiger charge is -1.93. The van der Waals surface area contributed by atoms with Gasteiger partial charge in [-0.1, -0.05) is 6.92 Å². The number of alkyl halides is 1. The molecule has 0 N–H and O–H groups in total. The fraction of sp³-hybridized carbons (Fsp3) is 0.714. The highest BCUT2D eigenvalue weighted by atomic mass is 35.5. The van der Waals surface area contributed by atoms with Crippen LogP contribution in [0, 0.1) is 0 Å². The van der Waals surface area contributed by atoms with Crippen LogP contribution >= 0.6 is 23.1 Å². The van der Waals surface area contributed by atoms with E-state index in [1.54, 1.807) is 0 Å². The van der Waals surface area contributed by atoms with Gasteiger partial charge in [-0.15, -0.1) is 11.6 Å². The molecule has 1 rings (SSSR count). The van der Waals surface area contributed by atoms with Gasteiger partial charge >= 0.3 is 0 Å². The topological polar surface area (TPSA) is 59.9 Å². The molecule has 80 valence electrons. The second kappa shape index (κ2) is 5.04. The summed E-state index contributed by atoms with van der Waals surface area (Å²) in [4.78, 5) is 3.95. The van der Waals surface area contributed by atoms with Crippen molar-refractivity contribution in [1.82, 2.24) is 9.36 Å². The molecular weight excluding hydrogens is 244 g/mol. The monoisotopic (exact) mass is 254 g/mol. The van der Waals surface area contributed by atoms with Gasteiger partial charge in [0.05, 0.1) is 5.75 Å². The van der Waals surface area contributed by atoms with E-state index < -0.39 is 9.84 Å². The number of hydrogen-bond donors (Lipinski definition) is 0. The second-order valence-electron chi connectivity index (χ2n) is 2.73. The molecule has 0 radical (unpaired) electrons. The molecule has 14 heavy (non-hydrogen) atoms. The van der Waals surface area contributed by atoms with Gasteiger partial charge in [0.25, 0.3) is 0 Å². The SMILES string of the molecule is CCCc1nsc(S(=O)(=O)CCCl)n1. The molecule has 4 nitrogen and oxygen atoms in total. The Labute approximate surface area is 92.4 Å². The average molecular weight is 255 g/mol. The quantitative estimate of drug-likeness (QED) is 0.748. The summed E-state index contributed by atoms with van der Waals surface area (Å²) in [5.74, 6) is 0.617. The van der Waals surface area contributed by atoms with E-state index in [1.165, 1.54) is 0 Å². The third-order valence-electron chi connectivity index (χ3n) is 1.53. The molecule has 1 aromatic rings. The van der Waals surface area contributed by atoms with Crippen molar-refractivity contribution < 1.29 is 8.42 Å². The summed E-state index contributed by atoms with van der Waals surface area (Å²) in [7, 11) is -3.29. The molecule has 0 fully saturated rings. The lowest BCUT2D eigenvalue weighted by Crippen LogP contribution is -2.07. The van der Waals surface area contributed by atoms with Crippen LogP contribution in [0.3, 0.4) is 0 Å². The molecule has 1 aromatic heterocycles. The lowest BCUT2D eigenvalue weighted by molar-refractivity contribution is 0.596. The molecule has 0 unspecified atom stereocenters. The van der Waals surface area contributed by atoms with Gasteiger partial charge in [-0.05, 0) is 18.0 Å². The smallest absolute Gasteiger partial charge is 0.221 e. The van der Waals surface area contributed by atoms with E-state index >= 15 is 0 Å². The Morgan fingerprint density at radius 3 is 2.79 bits per heavy atom. The Morgan fingerprint density at radius 2 is 2.21 bits per heavy atom. The van der Waals surface area contributed by atoms with Crippen molar-refractivity contribution in [2.24, 2.45) is 0 Å². The molecule has 0 aliphatic heterocycles. The Morgan fingerprint density at radius 1 is 1.50 bits per heavy atom. The maximum absolute atomic E-state index is 11.5. The highest BCUT2D eigenvalue weighted by Crippen LogP contribution is 2.14. The number of rotatable bonds is 5. The van der Waals surface area contributed by atoms with Crippen molar-refractivity contribution in [2.45, 2.75) is 24.1 Å². The van der Waals surface area contributed by atoms with Gasteiger partial charge in [0.15, 0.2) is 0 Å². The average Bonchev–Trinajstić information content (AvgIpc) is 2.54. The largest absolute Gasteiger partial charge is 0.228 e. The van der Waals surface area contributed by atoms with Gasteiger partial charge < -0.3 is 0 Å². The van der Waals surface area contributed by atoms with E-state index in [9.17, 15) is 8.42 Å². The molecule has 7 heteroatoms. The van der Waals surface area contributed by atoms with Gasteiger partial charge in [0.1, 0.15) is 5.82 Å². The van der Waals surface area contributed by atoms with Gasteiger partial charge in [-0.2, -0.15) is 4.37 Å². The first kappa shape index (κ1) is 11.9. The number of sulfone groups is 1. The fourth-order valence-corrected chi connectivity index (χ4v) is 3.39. The van der Waals surface area contributed by atoms with E-state index in [-0.39, 0.29) is 16.0 Å². The molecule has 0 aliphatic rings. The first-order valence-corrected chi connectivity index (χ1v) is 7.17. The number of hydrogen-bond acceptors (Lipinski definition) is 5. The van der Waals surface area contributed by atoms with Crippen LogP contribution in [0.25, 0.3) is 0 Å². The van der Waals surface area contributed by atoms with E-state index in [0.717, 1.165) is 18.0 Å². The molecule has 0 aromatic carbocycles. The van der Waals surface area contributed by atoms with Crippen LogP contribution in [0.4, 0.5) is 0 Å². The molecule has 0 bridgehead atoms. The van der Waals surface area contributed by atoms with E-state index in [0.29, 0.717) is 12.2 Å². The number of halogens is 1. The highest BCUT2D eigenvalue weighted by molar-refractivity contribution is 7.93. The minimum Gasteiger partial charge on any atom is -0.221 e. The zero-order valence-electron chi connectivity index (χ0n) is 7.73. The Kier molecular flexibility index (Phi) is 4.28. The summed E-state index contributed by atoms with van der Waals surface area (Å²) >= 11 is 6.31. The summed E-state index contributed by atoms with van der Waals surface area (Å²) in [5.41, 5.74) is 0. The molecular formula is C7H11ClN2O2S2. The molecule has 0 amide bonds. The second-order valence-corrected chi connectivity index (χ2v) is 6.15. The van der Waals surface area contributed by atoms with Crippen molar-refractivity contribution in [1.29, 1.82) is 0 Å². The van der Waals surface area contributed by atoms with Gasteiger partial charge in [0.2, 0.25) is 14.2 Å². The first-order valence-electron chi connectivity index (χ1n) is 4.21. The summed E-state index contributed by atoms with van der Waals surface area (Å²) in [6.07, 6.45) is 1.62. The van der Waals surface area contributed by atoms with Crippen LogP contribution < -0.4 is 0 Å². The molecule has 1 heterocycles. The standard InChI is InChI=1S/C7H11ClN2O2S2/c1-2-3-6-9-7(13-10-6)14(11,12)5-4-8/h2-5H2,1H3. The summed E-state index contributed by atoms with van der Waals surface area (Å²) in [5, 5.41) is 0. The van der Waals surface area contributed by atoms with Crippen molar-refractivity contribution in [3.05, 3.63) is 5.82 Å². The van der Waals surface area contributed by atoms with Gasteiger partial charge in [-0.25, -0.2) is 13.4 Å². The van der Waals surface area contributed by atoms with Crippen LogP contribution in [-0.2, 0) is 16.3 Å². The normalized spacial score (nSPS) is 11.9. The predicted octanol–water partition coefficient (Wildman–Crippen LogP) is 1.50. The minimum absolute atomic E-state index is 0.0741. The van der Waals surface area contributed by atoms with Crippen LogP contribution in [0.2, 0.25) is 0 Å². The van der Waals surface area contributed by atoms with E-state index in [1.807, 2.05) is 6.92 Å². The number of aryl methyl sites for hydroxylation is 1. The molecule has 0 aliphatic carbocycles.